The molecule has 0 aromatic carbocycles. The molecule has 78 valence electrons. The summed E-state index contributed by atoms with van der Waals surface area (Å²) in [5.41, 5.74) is 3.23. The first-order valence-electron chi connectivity index (χ1n) is 4.83. The van der Waals surface area contributed by atoms with Crippen molar-refractivity contribution in [1.29, 1.82) is 0 Å². The lowest BCUT2D eigenvalue weighted by Crippen LogP contribution is -2.04. The summed E-state index contributed by atoms with van der Waals surface area (Å²) in [6, 6.07) is 3.69. The van der Waals surface area contributed by atoms with Crippen LogP contribution in [0, 0.1) is 6.92 Å². The Balaban J connectivity index is 2.41. The molecule has 0 fully saturated rings. The highest BCUT2D eigenvalue weighted by molar-refractivity contribution is 5.92. The van der Waals surface area contributed by atoms with Crippen LogP contribution >= 0.6 is 0 Å². The van der Waals surface area contributed by atoms with Crippen LogP contribution in [-0.4, -0.2) is 22.5 Å². The summed E-state index contributed by atoms with van der Waals surface area (Å²) in [7, 11) is 0. The van der Waals surface area contributed by atoms with Gasteiger partial charge in [0.2, 0.25) is 0 Å². The first kappa shape index (κ1) is 9.71. The minimum atomic E-state index is -0.334. The molecule has 0 aliphatic heterocycles. The van der Waals surface area contributed by atoms with Crippen LogP contribution in [0.2, 0.25) is 0 Å². The predicted molar refractivity (Wildman–Crippen MR) is 56.8 cm³/mol. The van der Waals surface area contributed by atoms with Crippen LogP contribution < -0.4 is 0 Å². The van der Waals surface area contributed by atoms with Crippen molar-refractivity contribution in [2.75, 3.05) is 6.61 Å². The van der Waals surface area contributed by atoms with Crippen molar-refractivity contribution in [3.63, 3.8) is 0 Å². The van der Waals surface area contributed by atoms with Gasteiger partial charge in [0.15, 0.2) is 0 Å². The van der Waals surface area contributed by atoms with Crippen molar-refractivity contribution >= 4 is 17.0 Å². The molecule has 2 aromatic rings. The molecule has 4 heteroatoms. The standard InChI is InChI=1S/C11H12N2O2/c1-3-15-11(14)8-5-10-9(12-6-8)4-7(2)13-10/h4-6,13H,3H2,1-2H3. The predicted octanol–water partition coefficient (Wildman–Crippen LogP) is 2.05. The molecule has 0 atom stereocenters. The number of fused-ring (bicyclic) bond motifs is 1. The maximum absolute atomic E-state index is 11.4. The third kappa shape index (κ3) is 1.83. The summed E-state index contributed by atoms with van der Waals surface area (Å²) < 4.78 is 4.89. The second-order valence-electron chi connectivity index (χ2n) is 3.33. The van der Waals surface area contributed by atoms with E-state index < -0.39 is 0 Å². The van der Waals surface area contributed by atoms with Gasteiger partial charge in [0, 0.05) is 11.9 Å². The maximum atomic E-state index is 11.4. The van der Waals surface area contributed by atoms with Gasteiger partial charge in [-0.1, -0.05) is 0 Å². The smallest absolute Gasteiger partial charge is 0.339 e. The Morgan fingerprint density at radius 1 is 1.53 bits per heavy atom. The van der Waals surface area contributed by atoms with Gasteiger partial charge in [-0.3, -0.25) is 4.98 Å². The van der Waals surface area contributed by atoms with Gasteiger partial charge < -0.3 is 9.72 Å². The number of aromatic nitrogens is 2. The lowest BCUT2D eigenvalue weighted by atomic mass is 10.2. The zero-order chi connectivity index (χ0) is 10.8. The Labute approximate surface area is 87.3 Å². The van der Waals surface area contributed by atoms with Crippen LogP contribution in [0.5, 0.6) is 0 Å². The van der Waals surface area contributed by atoms with E-state index in [2.05, 4.69) is 9.97 Å². The van der Waals surface area contributed by atoms with Crippen LogP contribution in [0.4, 0.5) is 0 Å². The average molecular weight is 204 g/mol. The van der Waals surface area contributed by atoms with Gasteiger partial charge in [0.25, 0.3) is 0 Å². The van der Waals surface area contributed by atoms with E-state index in [4.69, 9.17) is 4.74 Å². The van der Waals surface area contributed by atoms with Gasteiger partial charge >= 0.3 is 5.97 Å². The zero-order valence-electron chi connectivity index (χ0n) is 8.70. The average Bonchev–Trinajstić information content (AvgIpc) is 2.57. The van der Waals surface area contributed by atoms with E-state index in [-0.39, 0.29) is 5.97 Å². The molecule has 0 aliphatic carbocycles. The maximum Gasteiger partial charge on any atom is 0.339 e. The highest BCUT2D eigenvalue weighted by Crippen LogP contribution is 2.14. The van der Waals surface area contributed by atoms with E-state index in [9.17, 15) is 4.79 Å². The number of pyridine rings is 1. The lowest BCUT2D eigenvalue weighted by molar-refractivity contribution is 0.0526. The first-order valence-corrected chi connectivity index (χ1v) is 4.83. The second kappa shape index (κ2) is 3.73. The molecule has 0 radical (unpaired) electrons. The van der Waals surface area contributed by atoms with Crippen molar-refractivity contribution in [1.82, 2.24) is 9.97 Å². The molecule has 0 unspecified atom stereocenters. The van der Waals surface area contributed by atoms with Crippen LogP contribution in [0.25, 0.3) is 11.0 Å². The number of ether oxygens (including phenoxy) is 1. The molecule has 0 bridgehead atoms. The van der Waals surface area contributed by atoms with E-state index in [1.807, 2.05) is 13.0 Å². The molecule has 0 spiro atoms. The fourth-order valence-corrected chi connectivity index (χ4v) is 1.47. The number of esters is 1. The number of carbonyl (C=O) groups is 1. The monoisotopic (exact) mass is 204 g/mol. The number of hydrogen-bond donors (Lipinski definition) is 1. The van der Waals surface area contributed by atoms with Gasteiger partial charge in [0.1, 0.15) is 0 Å². The highest BCUT2D eigenvalue weighted by Gasteiger charge is 2.08. The zero-order valence-corrected chi connectivity index (χ0v) is 8.70. The largest absolute Gasteiger partial charge is 0.462 e. The molecular formula is C11H12N2O2. The summed E-state index contributed by atoms with van der Waals surface area (Å²) in [5, 5.41) is 0. The molecular weight excluding hydrogens is 192 g/mol. The molecule has 15 heavy (non-hydrogen) atoms. The Morgan fingerprint density at radius 2 is 2.33 bits per heavy atom. The van der Waals surface area contributed by atoms with Gasteiger partial charge in [-0.2, -0.15) is 0 Å². The molecule has 0 saturated heterocycles. The van der Waals surface area contributed by atoms with Crippen molar-refractivity contribution in [2.24, 2.45) is 0 Å². The SMILES string of the molecule is CCOC(=O)c1cnc2cc(C)[nH]c2c1. The third-order valence-corrected chi connectivity index (χ3v) is 2.11. The number of aromatic amines is 1. The van der Waals surface area contributed by atoms with Crippen molar-refractivity contribution in [3.05, 3.63) is 29.6 Å². The molecule has 4 nitrogen and oxygen atoms in total. The molecule has 0 saturated carbocycles. The third-order valence-electron chi connectivity index (χ3n) is 2.11. The number of H-pyrrole nitrogens is 1. The minimum absolute atomic E-state index is 0.334. The first-order chi connectivity index (χ1) is 7.20. The van der Waals surface area contributed by atoms with Crippen LogP contribution in [0.15, 0.2) is 18.3 Å². The number of hydrogen-bond acceptors (Lipinski definition) is 3. The van der Waals surface area contributed by atoms with Crippen LogP contribution in [0.1, 0.15) is 23.0 Å². The Kier molecular flexibility index (Phi) is 2.41. The van der Waals surface area contributed by atoms with E-state index in [1.165, 1.54) is 6.20 Å². The normalized spacial score (nSPS) is 10.5. The topological polar surface area (TPSA) is 55.0 Å². The van der Waals surface area contributed by atoms with E-state index in [0.717, 1.165) is 16.7 Å². The highest BCUT2D eigenvalue weighted by atomic mass is 16.5. The van der Waals surface area contributed by atoms with Crippen molar-refractivity contribution in [3.8, 4) is 0 Å². The Hall–Kier alpha value is -1.84. The van der Waals surface area contributed by atoms with Gasteiger partial charge in [0.05, 0.1) is 23.2 Å². The summed E-state index contributed by atoms with van der Waals surface area (Å²) in [6.07, 6.45) is 1.54. The molecule has 1 N–H and O–H groups in total. The minimum Gasteiger partial charge on any atom is -0.462 e. The van der Waals surface area contributed by atoms with Crippen molar-refractivity contribution in [2.45, 2.75) is 13.8 Å². The fraction of sp³-hybridized carbons (Fsp3) is 0.273. The number of nitrogens with zero attached hydrogens (tertiary/aromatic N) is 1. The number of nitrogens with one attached hydrogen (secondary N) is 1. The summed E-state index contributed by atoms with van der Waals surface area (Å²) in [4.78, 5) is 18.7. The van der Waals surface area contributed by atoms with Gasteiger partial charge in [-0.05, 0) is 26.0 Å². The summed E-state index contributed by atoms with van der Waals surface area (Å²) in [5.74, 6) is -0.334. The fourth-order valence-electron chi connectivity index (χ4n) is 1.47. The van der Waals surface area contributed by atoms with E-state index in [1.54, 1.807) is 13.0 Å². The quantitative estimate of drug-likeness (QED) is 0.761. The molecule has 2 rings (SSSR count). The van der Waals surface area contributed by atoms with Gasteiger partial charge in [-0.15, -0.1) is 0 Å². The second-order valence-corrected chi connectivity index (χ2v) is 3.33. The van der Waals surface area contributed by atoms with E-state index >= 15 is 0 Å². The summed E-state index contributed by atoms with van der Waals surface area (Å²) in [6.45, 7) is 4.11. The summed E-state index contributed by atoms with van der Waals surface area (Å²) >= 11 is 0. The number of carbonyl (C=O) groups excluding carboxylic acids is 1. The van der Waals surface area contributed by atoms with Crippen molar-refractivity contribution < 1.29 is 9.53 Å². The lowest BCUT2D eigenvalue weighted by Gasteiger charge is -2.00. The van der Waals surface area contributed by atoms with E-state index in [0.29, 0.717) is 12.2 Å². The molecule has 2 heterocycles. The van der Waals surface area contributed by atoms with Crippen LogP contribution in [-0.2, 0) is 4.74 Å². The molecule has 2 aromatic heterocycles. The number of rotatable bonds is 2. The Morgan fingerprint density at radius 3 is 3.07 bits per heavy atom. The molecule has 0 aliphatic rings. The Bertz CT molecular complexity index is 502. The number of aryl methyl sites for hydroxylation is 1. The van der Waals surface area contributed by atoms with Crippen LogP contribution in [0.3, 0.4) is 0 Å². The molecule has 0 amide bonds. The van der Waals surface area contributed by atoms with Gasteiger partial charge in [-0.25, -0.2) is 4.79 Å².